The summed E-state index contributed by atoms with van der Waals surface area (Å²) in [4.78, 5) is 21.8. The summed E-state index contributed by atoms with van der Waals surface area (Å²) in [5.41, 5.74) is 0. The fourth-order valence-corrected chi connectivity index (χ4v) is 1.75. The molecule has 1 fully saturated rings. The Morgan fingerprint density at radius 3 is 2.29 bits per heavy atom. The van der Waals surface area contributed by atoms with Gasteiger partial charge in [0.1, 0.15) is 32.2 Å². The van der Waals surface area contributed by atoms with Gasteiger partial charge in [0, 0.05) is 12.4 Å². The first-order valence-corrected chi connectivity index (χ1v) is 4.68. The number of carboxylic acids is 2. The zero-order chi connectivity index (χ0) is 10.6. The molecule has 0 aromatic heterocycles. The van der Waals surface area contributed by atoms with Crippen LogP contribution >= 0.6 is 0 Å². The fourth-order valence-electron chi connectivity index (χ4n) is 1.75. The number of nitrogens with two attached hydrogens (primary N) is 1. The van der Waals surface area contributed by atoms with Crippen molar-refractivity contribution in [3.63, 3.8) is 0 Å². The first-order valence-electron chi connectivity index (χ1n) is 4.68. The average molecular weight is 202 g/mol. The molecule has 1 aliphatic heterocycles. The molecule has 0 bridgehead atoms. The van der Waals surface area contributed by atoms with Crippen LogP contribution in [-0.4, -0.2) is 44.2 Å². The van der Waals surface area contributed by atoms with Crippen molar-refractivity contribution in [2.75, 3.05) is 26.2 Å². The van der Waals surface area contributed by atoms with Crippen LogP contribution in [0.1, 0.15) is 6.42 Å². The monoisotopic (exact) mass is 202 g/mol. The van der Waals surface area contributed by atoms with E-state index >= 15 is 0 Å². The second-order valence-electron chi connectivity index (χ2n) is 3.47. The van der Waals surface area contributed by atoms with Crippen LogP contribution in [0, 0.1) is 0 Å². The summed E-state index contributed by atoms with van der Waals surface area (Å²) in [6, 6.07) is -0.964. The van der Waals surface area contributed by atoms with E-state index in [1.165, 1.54) is 0 Å². The number of hydrogen-bond donors (Lipinski definition) is 2. The van der Waals surface area contributed by atoms with Crippen molar-refractivity contribution in [3.8, 4) is 0 Å². The van der Waals surface area contributed by atoms with Gasteiger partial charge in [-0.2, -0.15) is 0 Å². The highest BCUT2D eigenvalue weighted by Gasteiger charge is 2.26. The number of hydrogen-bond acceptors (Lipinski definition) is 4. The average Bonchev–Trinajstić information content (AvgIpc) is 2.15. The first-order chi connectivity index (χ1) is 6.61. The predicted octanol–water partition coefficient (Wildman–Crippen LogP) is -6.29. The van der Waals surface area contributed by atoms with Gasteiger partial charge < -0.3 is 30.0 Å². The summed E-state index contributed by atoms with van der Waals surface area (Å²) in [6.45, 7) is 2.97. The number of piperazine rings is 1. The van der Waals surface area contributed by atoms with Gasteiger partial charge in [-0.15, -0.1) is 0 Å². The van der Waals surface area contributed by atoms with Gasteiger partial charge in [-0.25, -0.2) is 0 Å². The van der Waals surface area contributed by atoms with Crippen molar-refractivity contribution in [1.82, 2.24) is 0 Å². The van der Waals surface area contributed by atoms with E-state index < -0.39 is 24.4 Å². The first kappa shape index (κ1) is 10.9. The number of carboxylic acid groups (broad SMARTS) is 2. The summed E-state index contributed by atoms with van der Waals surface area (Å²) in [7, 11) is 0. The molecule has 0 aromatic carbocycles. The molecule has 1 heterocycles. The zero-order valence-electron chi connectivity index (χ0n) is 7.82. The van der Waals surface area contributed by atoms with Crippen LogP contribution in [0.25, 0.3) is 0 Å². The third-order valence-electron chi connectivity index (χ3n) is 2.49. The van der Waals surface area contributed by atoms with Gasteiger partial charge in [-0.1, -0.05) is 0 Å². The van der Waals surface area contributed by atoms with E-state index in [1.807, 2.05) is 0 Å². The Morgan fingerprint density at radius 2 is 1.86 bits per heavy atom. The van der Waals surface area contributed by atoms with Crippen molar-refractivity contribution >= 4 is 11.9 Å². The molecular formula is C8H14N2O4. The van der Waals surface area contributed by atoms with Crippen molar-refractivity contribution in [2.24, 2.45) is 0 Å². The van der Waals surface area contributed by atoms with Crippen LogP contribution in [-0.2, 0) is 9.59 Å². The second kappa shape index (κ2) is 4.92. The lowest BCUT2D eigenvalue weighted by Crippen LogP contribution is -3.24. The van der Waals surface area contributed by atoms with E-state index in [4.69, 9.17) is 0 Å². The van der Waals surface area contributed by atoms with Gasteiger partial charge in [0.15, 0.2) is 0 Å². The standard InChI is InChI=1S/C8H14N2O4/c11-7(12)5-6(8(13)14)10-3-1-9-2-4-10/h6,9H,1-5H2,(H,11,12)(H,13,14)/t6-/m1/s1. The molecule has 6 nitrogen and oxygen atoms in total. The summed E-state index contributed by atoms with van der Waals surface area (Å²) < 4.78 is 0. The lowest BCUT2D eigenvalue weighted by Gasteiger charge is -2.31. The van der Waals surface area contributed by atoms with Gasteiger partial charge in [0.25, 0.3) is 0 Å². The molecule has 0 unspecified atom stereocenters. The van der Waals surface area contributed by atoms with E-state index in [-0.39, 0.29) is 0 Å². The van der Waals surface area contributed by atoms with Crippen LogP contribution in [0.15, 0.2) is 0 Å². The highest BCUT2D eigenvalue weighted by molar-refractivity contribution is 5.76. The molecule has 0 saturated carbocycles. The minimum absolute atomic E-state index is 0.461. The van der Waals surface area contributed by atoms with Gasteiger partial charge >= 0.3 is 0 Å². The summed E-state index contributed by atoms with van der Waals surface area (Å²) >= 11 is 0. The molecule has 1 saturated heterocycles. The summed E-state index contributed by atoms with van der Waals surface area (Å²) in [5, 5.41) is 23.1. The molecule has 1 atom stereocenters. The third-order valence-corrected chi connectivity index (χ3v) is 2.49. The van der Waals surface area contributed by atoms with Crippen molar-refractivity contribution in [3.05, 3.63) is 0 Å². The second-order valence-corrected chi connectivity index (χ2v) is 3.47. The van der Waals surface area contributed by atoms with E-state index in [2.05, 4.69) is 5.32 Å². The minimum atomic E-state index is -1.33. The molecule has 80 valence electrons. The van der Waals surface area contributed by atoms with Gasteiger partial charge in [0.2, 0.25) is 0 Å². The molecule has 1 rings (SSSR count). The number of carbonyl (C=O) groups is 2. The Bertz CT molecular complexity index is 225. The molecule has 0 spiro atoms. The molecule has 14 heavy (non-hydrogen) atoms. The molecule has 0 amide bonds. The maximum absolute atomic E-state index is 10.7. The number of carbonyl (C=O) groups excluding carboxylic acids is 2. The highest BCUT2D eigenvalue weighted by Crippen LogP contribution is 1.84. The molecule has 1 aliphatic rings. The number of quaternary nitrogens is 2. The lowest BCUT2D eigenvalue weighted by molar-refractivity contribution is -0.961. The van der Waals surface area contributed by atoms with Crippen molar-refractivity contribution in [1.29, 1.82) is 0 Å². The minimum Gasteiger partial charge on any atom is -0.550 e. The number of rotatable bonds is 4. The van der Waals surface area contributed by atoms with Crippen molar-refractivity contribution in [2.45, 2.75) is 12.5 Å². The Kier molecular flexibility index (Phi) is 3.84. The van der Waals surface area contributed by atoms with E-state index in [9.17, 15) is 19.8 Å². The van der Waals surface area contributed by atoms with Gasteiger partial charge in [-0.3, -0.25) is 0 Å². The lowest BCUT2D eigenvalue weighted by atomic mass is 10.1. The Balaban J connectivity index is 2.56. The van der Waals surface area contributed by atoms with Crippen LogP contribution in [0.2, 0.25) is 0 Å². The van der Waals surface area contributed by atoms with Crippen LogP contribution in [0.5, 0.6) is 0 Å². The summed E-state index contributed by atoms with van der Waals surface area (Å²) in [5.74, 6) is -2.63. The molecule has 0 aliphatic carbocycles. The van der Waals surface area contributed by atoms with E-state index in [1.54, 1.807) is 0 Å². The Morgan fingerprint density at radius 1 is 1.29 bits per heavy atom. The Hall–Kier alpha value is -1.14. The molecule has 0 aromatic rings. The largest absolute Gasteiger partial charge is 0.550 e. The van der Waals surface area contributed by atoms with E-state index in [0.29, 0.717) is 13.1 Å². The smallest absolute Gasteiger partial charge is 0.133 e. The third kappa shape index (κ3) is 2.97. The predicted molar refractivity (Wildman–Crippen MR) is 40.8 cm³/mol. The quantitative estimate of drug-likeness (QED) is 0.473. The molecule has 3 N–H and O–H groups in total. The maximum Gasteiger partial charge on any atom is 0.133 e. The maximum atomic E-state index is 10.7. The fraction of sp³-hybridized carbons (Fsp3) is 0.750. The molecule has 6 heteroatoms. The van der Waals surface area contributed by atoms with Gasteiger partial charge in [0.05, 0.1) is 5.97 Å². The molecular weight excluding hydrogens is 188 g/mol. The zero-order valence-corrected chi connectivity index (χ0v) is 7.82. The van der Waals surface area contributed by atoms with Crippen LogP contribution < -0.4 is 20.4 Å². The number of aliphatic carboxylic acids is 2. The van der Waals surface area contributed by atoms with Crippen molar-refractivity contribution < 1.29 is 30.0 Å². The van der Waals surface area contributed by atoms with E-state index in [0.717, 1.165) is 18.0 Å². The molecule has 0 radical (unpaired) electrons. The number of nitrogens with one attached hydrogen (secondary N) is 1. The Labute approximate surface area is 81.5 Å². The van der Waals surface area contributed by atoms with Gasteiger partial charge in [-0.05, 0) is 0 Å². The topological polar surface area (TPSA) is 101 Å². The highest BCUT2D eigenvalue weighted by atomic mass is 16.4. The normalized spacial score (nSPS) is 20.3. The summed E-state index contributed by atoms with van der Waals surface area (Å²) in [6.07, 6.45) is -0.461. The SMILES string of the molecule is O=C([O-])C[C@H](C(=O)[O-])[NH+]1CC[NH2+]CC1. The van der Waals surface area contributed by atoms with Crippen LogP contribution in [0.4, 0.5) is 0 Å². The van der Waals surface area contributed by atoms with Crippen LogP contribution in [0.3, 0.4) is 0 Å².